The molecule has 1 aromatic rings. The molecule has 140 valence electrons. The summed E-state index contributed by atoms with van der Waals surface area (Å²) in [5, 5.41) is 0. The van der Waals surface area contributed by atoms with Gasteiger partial charge in [-0.25, -0.2) is 0 Å². The monoisotopic (exact) mass is 372 g/mol. The van der Waals surface area contributed by atoms with Gasteiger partial charge in [-0.2, -0.15) is 0 Å². The van der Waals surface area contributed by atoms with Gasteiger partial charge in [-0.15, -0.1) is 0 Å². The molecule has 0 saturated heterocycles. The Hall–Kier alpha value is 0.0649. The summed E-state index contributed by atoms with van der Waals surface area (Å²) in [6, 6.07) is 4.40. The van der Waals surface area contributed by atoms with Crippen molar-refractivity contribution in [3.8, 4) is 0 Å². The molecule has 2 nitrogen and oxygen atoms in total. The fourth-order valence-electron chi connectivity index (χ4n) is 2.22. The third-order valence-corrected chi connectivity index (χ3v) is 11.7. The predicted molar refractivity (Wildman–Crippen MR) is 119 cm³/mol. The molecule has 1 rings (SSSR count). The van der Waals surface area contributed by atoms with E-state index in [1.165, 1.54) is 22.2 Å². The Bertz CT molecular complexity index is 584. The Balaban J connectivity index is 3.43. The molecule has 0 radical (unpaired) electrons. The average molecular weight is 372 g/mol. The van der Waals surface area contributed by atoms with Gasteiger partial charge in [0.05, 0.1) is 0 Å². The molecule has 0 aliphatic rings. The van der Waals surface area contributed by atoms with Crippen molar-refractivity contribution in [3.63, 3.8) is 0 Å². The van der Waals surface area contributed by atoms with Crippen LogP contribution in [0.4, 0.5) is 0 Å². The molecule has 1 aromatic carbocycles. The van der Waals surface area contributed by atoms with Gasteiger partial charge in [-0.1, -0.05) is 0 Å². The Kier molecular flexibility index (Phi) is 6.13. The first-order chi connectivity index (χ1) is 10.6. The van der Waals surface area contributed by atoms with Gasteiger partial charge >= 0.3 is 151 Å². The van der Waals surface area contributed by atoms with Gasteiger partial charge < -0.3 is 0 Å². The van der Waals surface area contributed by atoms with Crippen LogP contribution in [0.2, 0.25) is 0 Å². The molecular weight excluding hydrogens is 333 g/mol. The van der Waals surface area contributed by atoms with Crippen LogP contribution in [0.25, 0.3) is 0 Å². The summed E-state index contributed by atoms with van der Waals surface area (Å²) in [4.78, 5) is 0. The van der Waals surface area contributed by atoms with Crippen molar-refractivity contribution in [2.24, 2.45) is 0 Å². The number of hydrogen-bond donors (Lipinski definition) is 0. The van der Waals surface area contributed by atoms with E-state index in [0.29, 0.717) is 0 Å². The molecule has 0 spiro atoms. The first-order valence-corrected chi connectivity index (χ1v) is 16.4. The SMILES string of the molecule is CCP(C)(C)(C)OB(OP(C)(C)(C)CC)c1ccc(C)c(C)c1C. The van der Waals surface area contributed by atoms with E-state index in [9.17, 15) is 0 Å². The van der Waals surface area contributed by atoms with E-state index in [0.717, 1.165) is 12.3 Å². The number of hydrogen-bond acceptors (Lipinski definition) is 2. The van der Waals surface area contributed by atoms with Crippen LogP contribution < -0.4 is 5.46 Å². The third-order valence-electron chi connectivity index (χ3n) is 5.48. The van der Waals surface area contributed by atoms with Crippen LogP contribution >= 0.6 is 13.7 Å². The van der Waals surface area contributed by atoms with Crippen molar-refractivity contribution in [1.82, 2.24) is 0 Å². The van der Waals surface area contributed by atoms with Gasteiger partial charge in [0.1, 0.15) is 0 Å². The molecule has 0 N–H and O–H groups in total. The second kappa shape index (κ2) is 6.66. The standard InChI is InChI=1S/C19H39BO2P2/c1-12-23(6,7,8)21-20(22-24(9,10,11)13-2)19-15-14-16(3)17(4)18(19)5/h14-15H,12-13H2,1-11H3. The molecule has 0 atom stereocenters. The van der Waals surface area contributed by atoms with Crippen molar-refractivity contribution < 1.29 is 8.88 Å². The van der Waals surface area contributed by atoms with Crippen molar-refractivity contribution in [1.29, 1.82) is 0 Å². The molecule has 0 heterocycles. The van der Waals surface area contributed by atoms with E-state index in [2.05, 4.69) is 86.7 Å². The molecule has 0 saturated carbocycles. The Morgan fingerprint density at radius 1 is 0.750 bits per heavy atom. The predicted octanol–water partition coefficient (Wildman–Crippen LogP) is 5.10. The zero-order valence-electron chi connectivity index (χ0n) is 17.9. The van der Waals surface area contributed by atoms with Gasteiger partial charge in [0, 0.05) is 0 Å². The molecule has 0 aliphatic heterocycles. The minimum absolute atomic E-state index is 0.278. The van der Waals surface area contributed by atoms with Gasteiger partial charge in [0.25, 0.3) is 0 Å². The molecule has 0 amide bonds. The zero-order valence-corrected chi connectivity index (χ0v) is 19.6. The Morgan fingerprint density at radius 2 is 1.17 bits per heavy atom. The first kappa shape index (κ1) is 22.1. The molecule has 0 aliphatic carbocycles. The van der Waals surface area contributed by atoms with E-state index in [1.54, 1.807) is 0 Å². The van der Waals surface area contributed by atoms with E-state index in [4.69, 9.17) is 8.88 Å². The first-order valence-electron chi connectivity index (χ1n) is 9.02. The molecule has 0 fully saturated rings. The van der Waals surface area contributed by atoms with Crippen LogP contribution in [-0.4, -0.2) is 59.4 Å². The second-order valence-electron chi connectivity index (χ2n) is 9.83. The summed E-state index contributed by atoms with van der Waals surface area (Å²) in [7, 11) is -0.278. The Labute approximate surface area is 151 Å². The second-order valence-corrected chi connectivity index (χ2v) is 23.4. The maximum absolute atomic E-state index is 6.78. The van der Waals surface area contributed by atoms with E-state index >= 15 is 0 Å². The van der Waals surface area contributed by atoms with Crippen LogP contribution in [0, 0.1) is 20.8 Å². The molecular formula is C19H39BO2P2. The van der Waals surface area contributed by atoms with Crippen LogP contribution in [0.1, 0.15) is 30.5 Å². The minimum atomic E-state index is -2.20. The number of rotatable bonds is 7. The molecule has 0 aromatic heterocycles. The van der Waals surface area contributed by atoms with E-state index in [-0.39, 0.29) is 7.12 Å². The van der Waals surface area contributed by atoms with Crippen molar-refractivity contribution in [3.05, 3.63) is 28.8 Å². The quantitative estimate of drug-likeness (QED) is 0.490. The fraction of sp³-hybridized carbons (Fsp3) is 0.684. The van der Waals surface area contributed by atoms with Crippen LogP contribution in [-0.2, 0) is 8.88 Å². The van der Waals surface area contributed by atoms with Crippen molar-refractivity contribution in [2.45, 2.75) is 34.6 Å². The normalized spacial score (nSPS) is 16.1. The average Bonchev–Trinajstić information content (AvgIpc) is 2.43. The summed E-state index contributed by atoms with van der Waals surface area (Å²) in [5.41, 5.74) is 5.15. The van der Waals surface area contributed by atoms with Crippen LogP contribution in [0.3, 0.4) is 0 Å². The molecule has 0 unspecified atom stereocenters. The van der Waals surface area contributed by atoms with Crippen LogP contribution in [0.15, 0.2) is 12.1 Å². The summed E-state index contributed by atoms with van der Waals surface area (Å²) >= 11 is 0. The summed E-state index contributed by atoms with van der Waals surface area (Å²) in [6.45, 7) is 20.4. The van der Waals surface area contributed by atoms with Crippen molar-refractivity contribution in [2.75, 3.05) is 52.3 Å². The number of benzene rings is 1. The van der Waals surface area contributed by atoms with Gasteiger partial charge in [0.2, 0.25) is 0 Å². The zero-order chi connectivity index (χ0) is 19.0. The summed E-state index contributed by atoms with van der Waals surface area (Å²) in [6.07, 6.45) is 2.10. The maximum atomic E-state index is 6.78. The van der Waals surface area contributed by atoms with Gasteiger partial charge in [0.15, 0.2) is 0 Å². The fourth-order valence-corrected chi connectivity index (χ4v) is 4.32. The molecule has 5 heteroatoms. The molecule has 0 bridgehead atoms. The summed E-state index contributed by atoms with van der Waals surface area (Å²) in [5.74, 6) is 0. The van der Waals surface area contributed by atoms with Crippen LogP contribution in [0.5, 0.6) is 0 Å². The number of aryl methyl sites for hydroxylation is 1. The third kappa shape index (κ3) is 5.81. The molecule has 24 heavy (non-hydrogen) atoms. The Morgan fingerprint density at radius 3 is 1.54 bits per heavy atom. The van der Waals surface area contributed by atoms with Gasteiger partial charge in [-0.05, 0) is 0 Å². The van der Waals surface area contributed by atoms with E-state index in [1.807, 2.05) is 0 Å². The topological polar surface area (TPSA) is 18.5 Å². The van der Waals surface area contributed by atoms with E-state index < -0.39 is 13.7 Å². The van der Waals surface area contributed by atoms with Gasteiger partial charge in [-0.3, -0.25) is 0 Å². The summed E-state index contributed by atoms with van der Waals surface area (Å²) < 4.78 is 13.6. The van der Waals surface area contributed by atoms with Crippen molar-refractivity contribution >= 4 is 26.2 Å².